The molecule has 0 unspecified atom stereocenters. The molecule has 5 heteroatoms. The first-order chi connectivity index (χ1) is 9.70. The van der Waals surface area contributed by atoms with Crippen molar-refractivity contribution >= 4 is 17.5 Å². The number of aromatic nitrogens is 1. The van der Waals surface area contributed by atoms with Crippen LogP contribution in [0, 0.1) is 0 Å². The van der Waals surface area contributed by atoms with Gasteiger partial charge in [-0.3, -0.25) is 4.79 Å². The molecule has 0 spiro atoms. The summed E-state index contributed by atoms with van der Waals surface area (Å²) in [6.07, 6.45) is 5.50. The molecule has 0 radical (unpaired) electrons. The molecular weight excluding hydrogens is 254 g/mol. The number of anilines is 2. The fourth-order valence-corrected chi connectivity index (χ4v) is 2.57. The largest absolute Gasteiger partial charge is 0.481 e. The van der Waals surface area contributed by atoms with Crippen LogP contribution in [0.3, 0.4) is 0 Å². The van der Waals surface area contributed by atoms with Gasteiger partial charge in [-0.25, -0.2) is 4.98 Å². The SMILES string of the molecule is CCCN(CCC(=O)O)c1ccc(N2CCCC2)nc1. The van der Waals surface area contributed by atoms with Gasteiger partial charge in [0.05, 0.1) is 18.3 Å². The summed E-state index contributed by atoms with van der Waals surface area (Å²) in [4.78, 5) is 19.6. The minimum absolute atomic E-state index is 0.161. The molecule has 0 atom stereocenters. The zero-order chi connectivity index (χ0) is 14.4. The van der Waals surface area contributed by atoms with Gasteiger partial charge in [-0.05, 0) is 31.4 Å². The Balaban J connectivity index is 2.02. The van der Waals surface area contributed by atoms with Crippen LogP contribution in [0.4, 0.5) is 11.5 Å². The van der Waals surface area contributed by atoms with Crippen molar-refractivity contribution in [1.29, 1.82) is 0 Å². The van der Waals surface area contributed by atoms with Crippen LogP contribution in [0.1, 0.15) is 32.6 Å². The first-order valence-corrected chi connectivity index (χ1v) is 7.38. The highest BCUT2D eigenvalue weighted by Crippen LogP contribution is 2.21. The molecule has 0 aromatic carbocycles. The zero-order valence-electron chi connectivity index (χ0n) is 12.1. The van der Waals surface area contributed by atoms with Crippen molar-refractivity contribution < 1.29 is 9.90 Å². The number of hydrogen-bond donors (Lipinski definition) is 1. The highest BCUT2D eigenvalue weighted by molar-refractivity contribution is 5.67. The third-order valence-corrected chi connectivity index (χ3v) is 3.62. The zero-order valence-corrected chi connectivity index (χ0v) is 12.1. The average Bonchev–Trinajstić information content (AvgIpc) is 2.97. The molecule has 0 amide bonds. The molecule has 1 fully saturated rings. The summed E-state index contributed by atoms with van der Waals surface area (Å²) in [6.45, 7) is 5.67. The summed E-state index contributed by atoms with van der Waals surface area (Å²) < 4.78 is 0. The number of carbonyl (C=O) groups is 1. The maximum atomic E-state index is 10.7. The van der Waals surface area contributed by atoms with E-state index in [1.54, 1.807) is 0 Å². The predicted molar refractivity (Wildman–Crippen MR) is 80.4 cm³/mol. The van der Waals surface area contributed by atoms with Crippen LogP contribution in [-0.2, 0) is 4.79 Å². The normalized spacial score (nSPS) is 14.6. The molecule has 1 N–H and O–H groups in total. The van der Waals surface area contributed by atoms with E-state index in [0.29, 0.717) is 6.54 Å². The fourth-order valence-electron chi connectivity index (χ4n) is 2.57. The third kappa shape index (κ3) is 3.85. The van der Waals surface area contributed by atoms with Gasteiger partial charge in [0.25, 0.3) is 0 Å². The minimum Gasteiger partial charge on any atom is -0.481 e. The quantitative estimate of drug-likeness (QED) is 0.829. The molecule has 1 aromatic rings. The minimum atomic E-state index is -0.757. The number of pyridine rings is 1. The van der Waals surface area contributed by atoms with E-state index in [2.05, 4.69) is 27.8 Å². The molecule has 5 nitrogen and oxygen atoms in total. The van der Waals surface area contributed by atoms with Gasteiger partial charge in [-0.2, -0.15) is 0 Å². The summed E-state index contributed by atoms with van der Waals surface area (Å²) in [6, 6.07) is 4.10. The van der Waals surface area contributed by atoms with E-state index in [9.17, 15) is 4.79 Å². The van der Waals surface area contributed by atoms with Crippen molar-refractivity contribution in [2.45, 2.75) is 32.6 Å². The first kappa shape index (κ1) is 14.6. The Bertz CT molecular complexity index is 427. The Labute approximate surface area is 120 Å². The summed E-state index contributed by atoms with van der Waals surface area (Å²) in [5.74, 6) is 0.272. The van der Waals surface area contributed by atoms with E-state index in [4.69, 9.17) is 5.11 Å². The molecule has 0 bridgehead atoms. The van der Waals surface area contributed by atoms with E-state index in [-0.39, 0.29) is 6.42 Å². The Hall–Kier alpha value is -1.78. The van der Waals surface area contributed by atoms with E-state index in [1.807, 2.05) is 12.3 Å². The lowest BCUT2D eigenvalue weighted by molar-refractivity contribution is -0.136. The molecular formula is C15H23N3O2. The maximum absolute atomic E-state index is 10.7. The highest BCUT2D eigenvalue weighted by atomic mass is 16.4. The van der Waals surface area contributed by atoms with Crippen LogP contribution in [-0.4, -0.2) is 42.2 Å². The van der Waals surface area contributed by atoms with Crippen LogP contribution < -0.4 is 9.80 Å². The summed E-state index contributed by atoms with van der Waals surface area (Å²) in [5, 5.41) is 8.82. The molecule has 20 heavy (non-hydrogen) atoms. The average molecular weight is 277 g/mol. The molecule has 2 heterocycles. The van der Waals surface area contributed by atoms with Gasteiger partial charge in [-0.1, -0.05) is 6.92 Å². The Kier molecular flexibility index (Phi) is 5.21. The van der Waals surface area contributed by atoms with Crippen LogP contribution in [0.15, 0.2) is 18.3 Å². The lowest BCUT2D eigenvalue weighted by Gasteiger charge is -2.24. The van der Waals surface area contributed by atoms with Crippen molar-refractivity contribution in [3.63, 3.8) is 0 Å². The smallest absolute Gasteiger partial charge is 0.305 e. The maximum Gasteiger partial charge on any atom is 0.305 e. The van der Waals surface area contributed by atoms with Crippen molar-refractivity contribution in [3.8, 4) is 0 Å². The molecule has 110 valence electrons. The van der Waals surface area contributed by atoms with Gasteiger partial charge >= 0.3 is 5.97 Å². The highest BCUT2D eigenvalue weighted by Gasteiger charge is 2.14. The lowest BCUT2D eigenvalue weighted by atomic mass is 10.3. The second-order valence-corrected chi connectivity index (χ2v) is 5.20. The van der Waals surface area contributed by atoms with Crippen LogP contribution >= 0.6 is 0 Å². The Morgan fingerprint density at radius 3 is 2.65 bits per heavy atom. The van der Waals surface area contributed by atoms with Crippen molar-refractivity contribution in [2.75, 3.05) is 36.0 Å². The fraction of sp³-hybridized carbons (Fsp3) is 0.600. The summed E-state index contributed by atoms with van der Waals surface area (Å²) in [7, 11) is 0. The van der Waals surface area contributed by atoms with Crippen molar-refractivity contribution in [3.05, 3.63) is 18.3 Å². The van der Waals surface area contributed by atoms with E-state index in [1.165, 1.54) is 12.8 Å². The number of carboxylic acids is 1. The molecule has 0 aliphatic carbocycles. The predicted octanol–water partition coefficient (Wildman–Crippen LogP) is 2.37. The summed E-state index contributed by atoms with van der Waals surface area (Å²) >= 11 is 0. The topological polar surface area (TPSA) is 56.7 Å². The number of nitrogens with zero attached hydrogens (tertiary/aromatic N) is 3. The second-order valence-electron chi connectivity index (χ2n) is 5.20. The van der Waals surface area contributed by atoms with Gasteiger partial charge in [0.2, 0.25) is 0 Å². The Morgan fingerprint density at radius 1 is 1.35 bits per heavy atom. The molecule has 1 aromatic heterocycles. The number of carboxylic acid groups (broad SMARTS) is 1. The lowest BCUT2D eigenvalue weighted by Crippen LogP contribution is -2.27. The summed E-state index contributed by atoms with van der Waals surface area (Å²) in [5.41, 5.74) is 1.01. The standard InChI is InChI=1S/C15H23N3O2/c1-2-8-17(11-7-15(19)20)13-5-6-14(16-12-13)18-9-3-4-10-18/h5-6,12H,2-4,7-11H2,1H3,(H,19,20). The molecule has 1 saturated heterocycles. The van der Waals surface area contributed by atoms with E-state index >= 15 is 0 Å². The van der Waals surface area contributed by atoms with Crippen molar-refractivity contribution in [1.82, 2.24) is 4.98 Å². The third-order valence-electron chi connectivity index (χ3n) is 3.62. The molecule has 1 aliphatic rings. The van der Waals surface area contributed by atoms with E-state index in [0.717, 1.165) is 37.6 Å². The van der Waals surface area contributed by atoms with Crippen LogP contribution in [0.25, 0.3) is 0 Å². The van der Waals surface area contributed by atoms with Crippen LogP contribution in [0.5, 0.6) is 0 Å². The van der Waals surface area contributed by atoms with Gasteiger partial charge in [0.15, 0.2) is 0 Å². The van der Waals surface area contributed by atoms with E-state index < -0.39 is 5.97 Å². The molecule has 0 saturated carbocycles. The molecule has 2 rings (SSSR count). The van der Waals surface area contributed by atoms with Gasteiger partial charge in [-0.15, -0.1) is 0 Å². The number of aliphatic carboxylic acids is 1. The Morgan fingerprint density at radius 2 is 2.10 bits per heavy atom. The van der Waals surface area contributed by atoms with Crippen LogP contribution in [0.2, 0.25) is 0 Å². The number of rotatable bonds is 7. The van der Waals surface area contributed by atoms with Crippen molar-refractivity contribution in [2.24, 2.45) is 0 Å². The van der Waals surface area contributed by atoms with Gasteiger partial charge < -0.3 is 14.9 Å². The first-order valence-electron chi connectivity index (χ1n) is 7.38. The second kappa shape index (κ2) is 7.12. The van der Waals surface area contributed by atoms with Gasteiger partial charge in [0, 0.05) is 26.2 Å². The molecule has 1 aliphatic heterocycles. The number of hydrogen-bond acceptors (Lipinski definition) is 4. The van der Waals surface area contributed by atoms with Gasteiger partial charge in [0.1, 0.15) is 5.82 Å². The monoisotopic (exact) mass is 277 g/mol.